The summed E-state index contributed by atoms with van der Waals surface area (Å²) in [6, 6.07) is 12.6. The van der Waals surface area contributed by atoms with Crippen molar-refractivity contribution in [3.05, 3.63) is 48.2 Å². The minimum atomic E-state index is 0.259. The van der Waals surface area contributed by atoms with E-state index in [0.29, 0.717) is 5.95 Å². The van der Waals surface area contributed by atoms with Gasteiger partial charge in [-0.15, -0.1) is 0 Å². The topological polar surface area (TPSA) is 67.1 Å². The fourth-order valence-corrected chi connectivity index (χ4v) is 2.57. The van der Waals surface area contributed by atoms with Crippen LogP contribution in [0.1, 0.15) is 12.0 Å². The van der Waals surface area contributed by atoms with E-state index in [1.54, 1.807) is 6.20 Å². The van der Waals surface area contributed by atoms with E-state index in [4.69, 9.17) is 5.73 Å². The largest absolute Gasteiger partial charge is 0.355 e. The monoisotopic (exact) mass is 283 g/mol. The molecule has 1 aromatic carbocycles. The van der Waals surface area contributed by atoms with Gasteiger partial charge in [-0.1, -0.05) is 30.3 Å². The van der Waals surface area contributed by atoms with Gasteiger partial charge in [-0.25, -0.2) is 4.98 Å². The normalized spacial score (nSPS) is 18.0. The zero-order valence-electron chi connectivity index (χ0n) is 12.1. The molecule has 0 saturated carbocycles. The van der Waals surface area contributed by atoms with Crippen LogP contribution < -0.4 is 16.0 Å². The van der Waals surface area contributed by atoms with E-state index in [1.807, 2.05) is 12.1 Å². The van der Waals surface area contributed by atoms with Crippen molar-refractivity contribution >= 4 is 11.8 Å². The fourth-order valence-electron chi connectivity index (χ4n) is 2.57. The molecule has 0 spiro atoms. The van der Waals surface area contributed by atoms with E-state index in [-0.39, 0.29) is 6.04 Å². The van der Waals surface area contributed by atoms with Crippen LogP contribution in [0.2, 0.25) is 0 Å². The number of aromatic nitrogens is 2. The highest BCUT2D eigenvalue weighted by molar-refractivity contribution is 5.43. The van der Waals surface area contributed by atoms with Crippen LogP contribution >= 0.6 is 0 Å². The van der Waals surface area contributed by atoms with Gasteiger partial charge in [0.15, 0.2) is 0 Å². The molecule has 2 heterocycles. The first-order valence-corrected chi connectivity index (χ1v) is 7.42. The lowest BCUT2D eigenvalue weighted by atomic mass is 10.1. The van der Waals surface area contributed by atoms with Crippen LogP contribution in [0.5, 0.6) is 0 Å². The third-order valence-corrected chi connectivity index (χ3v) is 3.73. The molecule has 1 fully saturated rings. The van der Waals surface area contributed by atoms with E-state index in [0.717, 1.165) is 38.3 Å². The van der Waals surface area contributed by atoms with Crippen molar-refractivity contribution in [2.24, 2.45) is 5.73 Å². The Morgan fingerprint density at radius 1 is 1.24 bits per heavy atom. The molecule has 1 saturated heterocycles. The second kappa shape index (κ2) is 6.54. The number of nitrogens with one attached hydrogen (secondary N) is 1. The van der Waals surface area contributed by atoms with Gasteiger partial charge in [0, 0.05) is 31.9 Å². The Kier molecular flexibility index (Phi) is 4.31. The molecule has 0 unspecified atom stereocenters. The van der Waals surface area contributed by atoms with Crippen molar-refractivity contribution in [1.29, 1.82) is 0 Å². The van der Waals surface area contributed by atoms with Gasteiger partial charge in [-0.2, -0.15) is 4.98 Å². The van der Waals surface area contributed by atoms with Crippen LogP contribution in [0, 0.1) is 0 Å². The van der Waals surface area contributed by atoms with Crippen molar-refractivity contribution < 1.29 is 0 Å². The van der Waals surface area contributed by atoms with Crippen molar-refractivity contribution in [3.8, 4) is 0 Å². The molecular weight excluding hydrogens is 262 g/mol. The maximum absolute atomic E-state index is 5.94. The van der Waals surface area contributed by atoms with E-state index < -0.39 is 0 Å². The average molecular weight is 283 g/mol. The van der Waals surface area contributed by atoms with Crippen LogP contribution in [0.25, 0.3) is 0 Å². The lowest BCUT2D eigenvalue weighted by Crippen LogP contribution is -2.27. The third kappa shape index (κ3) is 3.70. The van der Waals surface area contributed by atoms with Gasteiger partial charge in [0.2, 0.25) is 5.95 Å². The molecule has 1 aliphatic rings. The molecule has 110 valence electrons. The maximum Gasteiger partial charge on any atom is 0.224 e. The molecule has 5 nitrogen and oxygen atoms in total. The summed E-state index contributed by atoms with van der Waals surface area (Å²) in [6.45, 7) is 2.68. The second-order valence-electron chi connectivity index (χ2n) is 5.40. The number of hydrogen-bond donors (Lipinski definition) is 2. The maximum atomic E-state index is 5.94. The van der Waals surface area contributed by atoms with E-state index in [9.17, 15) is 0 Å². The molecule has 1 atom stereocenters. The van der Waals surface area contributed by atoms with Gasteiger partial charge in [-0.05, 0) is 24.5 Å². The number of anilines is 2. The second-order valence-corrected chi connectivity index (χ2v) is 5.40. The van der Waals surface area contributed by atoms with Gasteiger partial charge in [0.25, 0.3) is 0 Å². The summed E-state index contributed by atoms with van der Waals surface area (Å²) in [5.74, 6) is 1.64. The Morgan fingerprint density at radius 2 is 2.10 bits per heavy atom. The highest BCUT2D eigenvalue weighted by atomic mass is 15.2. The number of nitrogens with two attached hydrogens (primary N) is 1. The van der Waals surface area contributed by atoms with E-state index in [2.05, 4.69) is 44.5 Å². The number of hydrogen-bond acceptors (Lipinski definition) is 5. The summed E-state index contributed by atoms with van der Waals surface area (Å²) in [6.07, 6.45) is 3.79. The van der Waals surface area contributed by atoms with Gasteiger partial charge in [-0.3, -0.25) is 0 Å². The van der Waals surface area contributed by atoms with Crippen LogP contribution in [0.15, 0.2) is 42.6 Å². The van der Waals surface area contributed by atoms with E-state index in [1.165, 1.54) is 5.56 Å². The molecule has 3 N–H and O–H groups in total. The summed E-state index contributed by atoms with van der Waals surface area (Å²) in [5, 5.41) is 3.29. The molecule has 21 heavy (non-hydrogen) atoms. The molecule has 1 aliphatic heterocycles. The summed E-state index contributed by atoms with van der Waals surface area (Å²) in [7, 11) is 0. The van der Waals surface area contributed by atoms with Crippen molar-refractivity contribution in [2.75, 3.05) is 29.9 Å². The molecule has 3 rings (SSSR count). The quantitative estimate of drug-likeness (QED) is 0.873. The first-order valence-electron chi connectivity index (χ1n) is 7.42. The molecule has 0 aliphatic carbocycles. The predicted molar refractivity (Wildman–Crippen MR) is 85.5 cm³/mol. The number of rotatable bonds is 5. The Balaban J connectivity index is 1.56. The van der Waals surface area contributed by atoms with Crippen molar-refractivity contribution in [3.63, 3.8) is 0 Å². The SMILES string of the molecule is N[C@@H]1CCN(c2ccnc(NCCc3ccccc3)n2)C1. The third-order valence-electron chi connectivity index (χ3n) is 3.73. The highest BCUT2D eigenvalue weighted by Gasteiger charge is 2.20. The molecular formula is C16H21N5. The zero-order chi connectivity index (χ0) is 14.5. The minimum absolute atomic E-state index is 0.259. The molecule has 0 bridgehead atoms. The predicted octanol–water partition coefficient (Wildman–Crippen LogP) is 1.67. The van der Waals surface area contributed by atoms with Crippen molar-refractivity contribution in [2.45, 2.75) is 18.9 Å². The highest BCUT2D eigenvalue weighted by Crippen LogP contribution is 2.17. The standard InChI is InChI=1S/C16H21N5/c17-14-8-11-21(12-14)15-7-10-19-16(20-15)18-9-6-13-4-2-1-3-5-13/h1-5,7,10,14H,6,8-9,11-12,17H2,(H,18,19,20)/t14-/m1/s1. The summed E-state index contributed by atoms with van der Waals surface area (Å²) in [5.41, 5.74) is 7.26. The van der Waals surface area contributed by atoms with E-state index >= 15 is 0 Å². The molecule has 1 aromatic heterocycles. The molecule has 0 amide bonds. The number of benzene rings is 1. The fraction of sp³-hybridized carbons (Fsp3) is 0.375. The summed E-state index contributed by atoms with van der Waals surface area (Å²) >= 11 is 0. The molecule has 2 aromatic rings. The Hall–Kier alpha value is -2.14. The van der Waals surface area contributed by atoms with Gasteiger partial charge in [0.1, 0.15) is 5.82 Å². The Morgan fingerprint density at radius 3 is 2.86 bits per heavy atom. The summed E-state index contributed by atoms with van der Waals surface area (Å²) in [4.78, 5) is 11.1. The average Bonchev–Trinajstić information content (AvgIpc) is 2.95. The van der Waals surface area contributed by atoms with Crippen LogP contribution in [0.3, 0.4) is 0 Å². The van der Waals surface area contributed by atoms with Gasteiger partial charge in [0.05, 0.1) is 0 Å². The summed E-state index contributed by atoms with van der Waals surface area (Å²) < 4.78 is 0. The zero-order valence-corrected chi connectivity index (χ0v) is 12.1. The smallest absolute Gasteiger partial charge is 0.224 e. The van der Waals surface area contributed by atoms with Crippen molar-refractivity contribution in [1.82, 2.24) is 9.97 Å². The lowest BCUT2D eigenvalue weighted by molar-refractivity contribution is 0.751. The molecule has 5 heteroatoms. The van der Waals surface area contributed by atoms with Crippen LogP contribution in [-0.4, -0.2) is 35.6 Å². The number of nitrogens with zero attached hydrogens (tertiary/aromatic N) is 3. The molecule has 0 radical (unpaired) electrons. The van der Waals surface area contributed by atoms with Crippen LogP contribution in [-0.2, 0) is 6.42 Å². The Bertz CT molecular complexity index is 572. The van der Waals surface area contributed by atoms with Crippen LogP contribution in [0.4, 0.5) is 11.8 Å². The first-order chi connectivity index (χ1) is 10.3. The Labute approximate surface area is 125 Å². The lowest BCUT2D eigenvalue weighted by Gasteiger charge is -2.17. The first kappa shape index (κ1) is 13.8. The minimum Gasteiger partial charge on any atom is -0.355 e. The van der Waals surface area contributed by atoms with Gasteiger partial charge >= 0.3 is 0 Å². The van der Waals surface area contributed by atoms with Gasteiger partial charge < -0.3 is 16.0 Å².